The maximum atomic E-state index is 12.6. The SMILES string of the molecule is O=S1(=O)CCCN1c1cccc(CNc2ccc(S(=O)(=O)C(F)(F)F)cc2)c1. The second-order valence-corrected chi connectivity index (χ2v) is 10.2. The number of sulfonamides is 1. The molecule has 1 saturated heterocycles. The van der Waals surface area contributed by atoms with Crippen LogP contribution in [-0.4, -0.2) is 34.6 Å². The van der Waals surface area contributed by atoms with Crippen LogP contribution in [0.5, 0.6) is 0 Å². The highest BCUT2D eigenvalue weighted by Crippen LogP contribution is 2.31. The fraction of sp³-hybridized carbons (Fsp3) is 0.294. The first-order chi connectivity index (χ1) is 13.0. The molecule has 3 rings (SSSR count). The summed E-state index contributed by atoms with van der Waals surface area (Å²) in [5.41, 5.74) is -3.59. The van der Waals surface area contributed by atoms with Crippen LogP contribution >= 0.6 is 0 Å². The average Bonchev–Trinajstić information content (AvgIpc) is 2.99. The molecule has 1 N–H and O–H groups in total. The maximum Gasteiger partial charge on any atom is 0.501 e. The molecular formula is C17H17F3N2O4S2. The monoisotopic (exact) mass is 434 g/mol. The Morgan fingerprint density at radius 3 is 2.32 bits per heavy atom. The summed E-state index contributed by atoms with van der Waals surface area (Å²) in [5, 5.41) is 2.97. The zero-order valence-corrected chi connectivity index (χ0v) is 16.1. The summed E-state index contributed by atoms with van der Waals surface area (Å²) < 4.78 is 85.8. The molecule has 1 aliphatic rings. The van der Waals surface area contributed by atoms with Gasteiger partial charge >= 0.3 is 5.51 Å². The molecular weight excluding hydrogens is 417 g/mol. The number of anilines is 2. The molecule has 2 aromatic carbocycles. The minimum absolute atomic E-state index is 0.114. The van der Waals surface area contributed by atoms with E-state index in [1.807, 2.05) is 0 Å². The Bertz CT molecular complexity index is 1070. The number of hydrogen-bond donors (Lipinski definition) is 1. The van der Waals surface area contributed by atoms with Crippen molar-refractivity contribution in [2.24, 2.45) is 0 Å². The molecule has 0 spiro atoms. The van der Waals surface area contributed by atoms with Crippen LogP contribution in [0.15, 0.2) is 53.4 Å². The second kappa shape index (κ2) is 7.28. The molecule has 6 nitrogen and oxygen atoms in total. The van der Waals surface area contributed by atoms with Gasteiger partial charge < -0.3 is 5.32 Å². The first-order valence-electron chi connectivity index (χ1n) is 8.25. The van der Waals surface area contributed by atoms with E-state index in [0.717, 1.165) is 17.7 Å². The van der Waals surface area contributed by atoms with Gasteiger partial charge in [-0.05, 0) is 48.4 Å². The minimum atomic E-state index is -5.38. The van der Waals surface area contributed by atoms with E-state index in [4.69, 9.17) is 0 Å². The average molecular weight is 434 g/mol. The highest BCUT2D eigenvalue weighted by molar-refractivity contribution is 7.93. The number of nitrogens with zero attached hydrogens (tertiary/aromatic N) is 1. The highest BCUT2D eigenvalue weighted by Gasteiger charge is 2.46. The number of alkyl halides is 3. The van der Waals surface area contributed by atoms with Gasteiger partial charge in [0.15, 0.2) is 0 Å². The van der Waals surface area contributed by atoms with Gasteiger partial charge in [-0.3, -0.25) is 4.31 Å². The summed E-state index contributed by atoms with van der Waals surface area (Å²) in [5.74, 6) is 0.114. The quantitative estimate of drug-likeness (QED) is 0.782. The van der Waals surface area contributed by atoms with Crippen LogP contribution < -0.4 is 9.62 Å². The molecule has 0 radical (unpaired) electrons. The number of nitrogens with one attached hydrogen (secondary N) is 1. The molecule has 152 valence electrons. The van der Waals surface area contributed by atoms with Crippen molar-refractivity contribution in [1.29, 1.82) is 0 Å². The third-order valence-corrected chi connectivity index (χ3v) is 7.64. The minimum Gasteiger partial charge on any atom is -0.381 e. The Morgan fingerprint density at radius 1 is 1.07 bits per heavy atom. The smallest absolute Gasteiger partial charge is 0.381 e. The number of rotatable bonds is 5. The zero-order chi connectivity index (χ0) is 20.6. The normalized spacial score (nSPS) is 16.9. The van der Waals surface area contributed by atoms with Crippen molar-refractivity contribution in [2.75, 3.05) is 21.9 Å². The van der Waals surface area contributed by atoms with Crippen molar-refractivity contribution in [3.05, 3.63) is 54.1 Å². The van der Waals surface area contributed by atoms with E-state index in [-0.39, 0.29) is 12.3 Å². The van der Waals surface area contributed by atoms with Gasteiger partial charge in [0.25, 0.3) is 9.84 Å². The fourth-order valence-corrected chi connectivity index (χ4v) is 5.16. The van der Waals surface area contributed by atoms with Gasteiger partial charge in [-0.15, -0.1) is 0 Å². The predicted octanol–water partition coefficient (Wildman–Crippen LogP) is 3.13. The lowest BCUT2D eigenvalue weighted by molar-refractivity contribution is -0.0436. The predicted molar refractivity (Wildman–Crippen MR) is 99.2 cm³/mol. The van der Waals surface area contributed by atoms with Gasteiger partial charge in [-0.2, -0.15) is 13.2 Å². The molecule has 2 aromatic rings. The van der Waals surface area contributed by atoms with Crippen molar-refractivity contribution in [2.45, 2.75) is 23.4 Å². The standard InChI is InChI=1S/C17H17F3N2O4S2/c18-17(19,20)28(25,26)16-7-5-14(6-8-16)21-12-13-3-1-4-15(11-13)22-9-2-10-27(22,23)24/h1,3-8,11,21H,2,9-10,12H2. The molecule has 28 heavy (non-hydrogen) atoms. The third kappa shape index (κ3) is 4.09. The summed E-state index contributed by atoms with van der Waals surface area (Å²) in [6.45, 7) is 0.710. The Hall–Kier alpha value is -2.27. The number of benzene rings is 2. The van der Waals surface area contributed by atoms with E-state index >= 15 is 0 Å². The number of sulfone groups is 1. The van der Waals surface area contributed by atoms with Crippen LogP contribution in [-0.2, 0) is 26.4 Å². The molecule has 0 amide bonds. The van der Waals surface area contributed by atoms with E-state index in [9.17, 15) is 30.0 Å². The van der Waals surface area contributed by atoms with Crippen LogP contribution in [0.2, 0.25) is 0 Å². The fourth-order valence-electron chi connectivity index (χ4n) is 2.84. The number of halogens is 3. The molecule has 11 heteroatoms. The van der Waals surface area contributed by atoms with Crippen molar-refractivity contribution in [1.82, 2.24) is 0 Å². The van der Waals surface area contributed by atoms with E-state index in [1.165, 1.54) is 16.4 Å². The Labute approximate surface area is 160 Å². The molecule has 1 fully saturated rings. The van der Waals surface area contributed by atoms with Crippen molar-refractivity contribution in [3.8, 4) is 0 Å². The zero-order valence-electron chi connectivity index (χ0n) is 14.5. The van der Waals surface area contributed by atoms with Gasteiger partial charge in [0, 0.05) is 18.8 Å². The Kier molecular flexibility index (Phi) is 5.32. The first kappa shape index (κ1) is 20.5. The third-order valence-electron chi connectivity index (χ3n) is 4.26. The van der Waals surface area contributed by atoms with Gasteiger partial charge in [0.05, 0.1) is 16.3 Å². The topological polar surface area (TPSA) is 83.6 Å². The molecule has 0 saturated carbocycles. The van der Waals surface area contributed by atoms with E-state index < -0.39 is 30.3 Å². The van der Waals surface area contributed by atoms with Crippen molar-refractivity contribution < 1.29 is 30.0 Å². The Balaban J connectivity index is 1.71. The highest BCUT2D eigenvalue weighted by atomic mass is 32.2. The van der Waals surface area contributed by atoms with Crippen LogP contribution in [0.25, 0.3) is 0 Å². The molecule has 0 aliphatic carbocycles. The van der Waals surface area contributed by atoms with Gasteiger partial charge in [0.1, 0.15) is 0 Å². The molecule has 1 heterocycles. The maximum absolute atomic E-state index is 12.6. The summed E-state index contributed by atoms with van der Waals surface area (Å²) in [6, 6.07) is 11.2. The lowest BCUT2D eigenvalue weighted by Gasteiger charge is -2.18. The van der Waals surface area contributed by atoms with Gasteiger partial charge in [-0.25, -0.2) is 16.8 Å². The van der Waals surface area contributed by atoms with Gasteiger partial charge in [-0.1, -0.05) is 12.1 Å². The molecule has 0 bridgehead atoms. The van der Waals surface area contributed by atoms with E-state index in [1.54, 1.807) is 24.3 Å². The largest absolute Gasteiger partial charge is 0.501 e. The van der Waals surface area contributed by atoms with Crippen molar-refractivity contribution in [3.63, 3.8) is 0 Å². The molecule has 0 atom stereocenters. The molecule has 1 aliphatic heterocycles. The summed E-state index contributed by atoms with van der Waals surface area (Å²) in [6.07, 6.45) is 0.567. The van der Waals surface area contributed by atoms with Crippen LogP contribution in [0.4, 0.5) is 24.5 Å². The van der Waals surface area contributed by atoms with Gasteiger partial charge in [0.2, 0.25) is 10.0 Å². The molecule has 0 aromatic heterocycles. The van der Waals surface area contributed by atoms with E-state index in [0.29, 0.717) is 24.3 Å². The summed E-state index contributed by atoms with van der Waals surface area (Å²) in [4.78, 5) is -0.827. The summed E-state index contributed by atoms with van der Waals surface area (Å²) in [7, 11) is -8.67. The van der Waals surface area contributed by atoms with Crippen LogP contribution in [0.3, 0.4) is 0 Å². The van der Waals surface area contributed by atoms with Crippen LogP contribution in [0, 0.1) is 0 Å². The first-order valence-corrected chi connectivity index (χ1v) is 11.3. The van der Waals surface area contributed by atoms with E-state index in [2.05, 4.69) is 5.32 Å². The number of hydrogen-bond acceptors (Lipinski definition) is 5. The lowest BCUT2D eigenvalue weighted by Crippen LogP contribution is -2.25. The second-order valence-electron chi connectivity index (χ2n) is 6.24. The van der Waals surface area contributed by atoms with Crippen molar-refractivity contribution >= 4 is 31.2 Å². The molecule has 0 unspecified atom stereocenters. The lowest BCUT2D eigenvalue weighted by atomic mass is 10.2. The van der Waals surface area contributed by atoms with Crippen LogP contribution in [0.1, 0.15) is 12.0 Å². The summed E-state index contributed by atoms with van der Waals surface area (Å²) >= 11 is 0. The Morgan fingerprint density at radius 2 is 1.75 bits per heavy atom.